The van der Waals surface area contributed by atoms with Crippen LogP contribution in [0.15, 0.2) is 6.07 Å². The summed E-state index contributed by atoms with van der Waals surface area (Å²) in [5.74, 6) is 0. The zero-order chi connectivity index (χ0) is 9.30. The van der Waals surface area contributed by atoms with Crippen molar-refractivity contribution in [2.45, 2.75) is 25.7 Å². The molecule has 0 aromatic carbocycles. The maximum atomic E-state index is 12.2. The molecule has 4 heteroatoms. The number of alkyl halides is 3. The number of hydrogen-bond acceptors (Lipinski definition) is 1. The lowest BCUT2D eigenvalue weighted by molar-refractivity contribution is 0.144. The molecule has 0 radical (unpaired) electrons. The highest BCUT2D eigenvalue weighted by Gasteiger charge is 2.22. The summed E-state index contributed by atoms with van der Waals surface area (Å²) in [4.78, 5) is 1.61. The fraction of sp³-hybridized carbons (Fsp3) is 0.500. The fourth-order valence-electron chi connectivity index (χ4n) is 1.05. The van der Waals surface area contributed by atoms with Crippen LogP contribution in [0.2, 0.25) is 0 Å². The van der Waals surface area contributed by atoms with Gasteiger partial charge in [0.15, 0.2) is 0 Å². The molecule has 0 aliphatic heterocycles. The van der Waals surface area contributed by atoms with Crippen LogP contribution in [0, 0.1) is 13.8 Å². The van der Waals surface area contributed by atoms with Gasteiger partial charge in [-0.25, -0.2) is 8.78 Å². The summed E-state index contributed by atoms with van der Waals surface area (Å²) in [6.45, 7) is 3.69. The second-order valence-electron chi connectivity index (χ2n) is 2.64. The molecule has 0 N–H and O–H groups in total. The average molecular weight is 211 g/mol. The molecule has 68 valence electrons. The SMILES string of the molecule is Cc1cc(C)c(C(Cl)C(F)F)s1. The minimum atomic E-state index is -2.48. The fourth-order valence-corrected chi connectivity index (χ4v) is 2.37. The highest BCUT2D eigenvalue weighted by molar-refractivity contribution is 7.12. The van der Waals surface area contributed by atoms with E-state index in [9.17, 15) is 8.78 Å². The summed E-state index contributed by atoms with van der Waals surface area (Å²) < 4.78 is 24.4. The first kappa shape index (κ1) is 9.93. The smallest absolute Gasteiger partial charge is 0.208 e. The third-order valence-corrected chi connectivity index (χ3v) is 3.32. The Morgan fingerprint density at radius 1 is 1.42 bits per heavy atom. The van der Waals surface area contributed by atoms with E-state index in [1.54, 1.807) is 6.92 Å². The number of rotatable bonds is 2. The Bertz CT molecular complexity index is 270. The van der Waals surface area contributed by atoms with Crippen molar-refractivity contribution in [3.63, 3.8) is 0 Å². The van der Waals surface area contributed by atoms with Gasteiger partial charge < -0.3 is 0 Å². The largest absolute Gasteiger partial charge is 0.259 e. The molecule has 1 heterocycles. The van der Waals surface area contributed by atoms with Gasteiger partial charge in [-0.15, -0.1) is 22.9 Å². The zero-order valence-corrected chi connectivity index (χ0v) is 8.35. The van der Waals surface area contributed by atoms with Crippen molar-refractivity contribution in [3.8, 4) is 0 Å². The van der Waals surface area contributed by atoms with E-state index >= 15 is 0 Å². The quantitative estimate of drug-likeness (QED) is 0.650. The van der Waals surface area contributed by atoms with Gasteiger partial charge in [0.25, 0.3) is 6.43 Å². The summed E-state index contributed by atoms with van der Waals surface area (Å²) in [6.07, 6.45) is -2.48. The van der Waals surface area contributed by atoms with E-state index in [-0.39, 0.29) is 0 Å². The summed E-state index contributed by atoms with van der Waals surface area (Å²) in [5.41, 5.74) is 0.859. The standard InChI is InChI=1S/C8H9ClF2S/c1-4-3-5(2)12-7(4)6(9)8(10)11/h3,6,8H,1-2H3. The molecule has 1 aromatic rings. The Morgan fingerprint density at radius 3 is 2.33 bits per heavy atom. The van der Waals surface area contributed by atoms with Gasteiger partial charge in [-0.05, 0) is 25.5 Å². The minimum Gasteiger partial charge on any atom is -0.208 e. The topological polar surface area (TPSA) is 0 Å². The number of halogens is 3. The van der Waals surface area contributed by atoms with Crippen LogP contribution in [0.5, 0.6) is 0 Å². The number of thiophene rings is 1. The van der Waals surface area contributed by atoms with Gasteiger partial charge in [0, 0.05) is 9.75 Å². The van der Waals surface area contributed by atoms with Gasteiger partial charge >= 0.3 is 0 Å². The van der Waals surface area contributed by atoms with Crippen molar-refractivity contribution < 1.29 is 8.78 Å². The molecule has 0 spiro atoms. The van der Waals surface area contributed by atoms with E-state index in [2.05, 4.69) is 0 Å². The predicted octanol–water partition coefficient (Wildman–Crippen LogP) is 3.91. The van der Waals surface area contributed by atoms with Crippen LogP contribution >= 0.6 is 22.9 Å². The molecular weight excluding hydrogens is 202 g/mol. The second kappa shape index (κ2) is 3.71. The first-order valence-electron chi connectivity index (χ1n) is 3.51. The molecule has 0 bridgehead atoms. The van der Waals surface area contributed by atoms with Crippen LogP contribution in [0.25, 0.3) is 0 Å². The maximum Gasteiger partial charge on any atom is 0.259 e. The van der Waals surface area contributed by atoms with E-state index in [0.29, 0.717) is 4.88 Å². The highest BCUT2D eigenvalue weighted by atomic mass is 35.5. The molecule has 0 nitrogen and oxygen atoms in total. The van der Waals surface area contributed by atoms with Crippen molar-refractivity contribution in [2.75, 3.05) is 0 Å². The first-order chi connectivity index (χ1) is 5.52. The molecule has 1 aromatic heterocycles. The van der Waals surface area contributed by atoms with Crippen molar-refractivity contribution >= 4 is 22.9 Å². The second-order valence-corrected chi connectivity index (χ2v) is 4.40. The first-order valence-corrected chi connectivity index (χ1v) is 4.77. The van der Waals surface area contributed by atoms with Crippen molar-refractivity contribution in [1.82, 2.24) is 0 Å². The Hall–Kier alpha value is -0.150. The van der Waals surface area contributed by atoms with Crippen LogP contribution in [-0.4, -0.2) is 6.43 Å². The van der Waals surface area contributed by atoms with Gasteiger partial charge in [-0.3, -0.25) is 0 Å². The third-order valence-electron chi connectivity index (χ3n) is 1.55. The molecule has 1 atom stereocenters. The summed E-state index contributed by atoms with van der Waals surface area (Å²) in [5, 5.41) is -1.15. The van der Waals surface area contributed by atoms with Crippen molar-refractivity contribution in [1.29, 1.82) is 0 Å². The summed E-state index contributed by atoms with van der Waals surface area (Å²) >= 11 is 6.86. The normalized spacial score (nSPS) is 13.8. The molecule has 12 heavy (non-hydrogen) atoms. The monoisotopic (exact) mass is 210 g/mol. The van der Waals surface area contributed by atoms with Crippen LogP contribution in [0.1, 0.15) is 20.7 Å². The lowest BCUT2D eigenvalue weighted by Gasteiger charge is -2.06. The Balaban J connectivity index is 2.94. The third kappa shape index (κ3) is 1.96. The summed E-state index contributed by atoms with van der Waals surface area (Å²) in [7, 11) is 0. The van der Waals surface area contributed by atoms with Gasteiger partial charge in [0.1, 0.15) is 5.38 Å². The average Bonchev–Trinajstić information content (AvgIpc) is 2.28. The van der Waals surface area contributed by atoms with E-state index in [0.717, 1.165) is 10.4 Å². The maximum absolute atomic E-state index is 12.2. The van der Waals surface area contributed by atoms with E-state index in [1.165, 1.54) is 11.3 Å². The van der Waals surface area contributed by atoms with Gasteiger partial charge in [0.05, 0.1) is 0 Å². The van der Waals surface area contributed by atoms with Gasteiger partial charge in [-0.2, -0.15) is 0 Å². The lowest BCUT2D eigenvalue weighted by Crippen LogP contribution is -2.00. The van der Waals surface area contributed by atoms with Crippen LogP contribution in [-0.2, 0) is 0 Å². The molecule has 0 amide bonds. The van der Waals surface area contributed by atoms with E-state index < -0.39 is 11.8 Å². The Morgan fingerprint density at radius 2 is 2.00 bits per heavy atom. The Kier molecular flexibility index (Phi) is 3.07. The van der Waals surface area contributed by atoms with Gasteiger partial charge in [0.2, 0.25) is 0 Å². The van der Waals surface area contributed by atoms with Crippen LogP contribution in [0.3, 0.4) is 0 Å². The Labute approximate surface area is 79.2 Å². The molecule has 0 saturated carbocycles. The zero-order valence-electron chi connectivity index (χ0n) is 6.77. The summed E-state index contributed by atoms with van der Waals surface area (Å²) in [6, 6.07) is 1.87. The molecule has 1 unspecified atom stereocenters. The number of hydrogen-bond donors (Lipinski definition) is 0. The molecule has 0 fully saturated rings. The molecule has 0 aliphatic rings. The molecular formula is C8H9ClF2S. The minimum absolute atomic E-state index is 0.587. The van der Waals surface area contributed by atoms with Crippen molar-refractivity contribution in [3.05, 3.63) is 21.4 Å². The van der Waals surface area contributed by atoms with E-state index in [1.807, 2.05) is 13.0 Å². The van der Waals surface area contributed by atoms with Crippen LogP contribution < -0.4 is 0 Å². The predicted molar refractivity (Wildman–Crippen MR) is 48.4 cm³/mol. The van der Waals surface area contributed by atoms with Crippen LogP contribution in [0.4, 0.5) is 8.78 Å². The molecule has 1 rings (SSSR count). The van der Waals surface area contributed by atoms with Crippen molar-refractivity contribution in [2.24, 2.45) is 0 Å². The number of aryl methyl sites for hydroxylation is 2. The van der Waals surface area contributed by atoms with Gasteiger partial charge in [-0.1, -0.05) is 0 Å². The molecule has 0 saturated heterocycles. The molecule has 0 aliphatic carbocycles. The highest BCUT2D eigenvalue weighted by Crippen LogP contribution is 2.35. The van der Waals surface area contributed by atoms with E-state index in [4.69, 9.17) is 11.6 Å². The lowest BCUT2D eigenvalue weighted by atomic mass is 10.2.